The Morgan fingerprint density at radius 2 is 1.89 bits per heavy atom. The van der Waals surface area contributed by atoms with Crippen molar-refractivity contribution >= 4 is 11.6 Å². The van der Waals surface area contributed by atoms with Crippen LogP contribution >= 0.6 is 0 Å². The standard InChI is InChI=1S/C22H28N2O3/c1-15-7-5-8-16(2)22(15)23-21(25)14-24-12-6-9-19(24)18-11-10-17(26-3)13-20(18)27-4/h5,7-8,10-11,13,19H,6,9,12,14H2,1-4H3,(H,23,25)/t19-/m0/s1. The Hall–Kier alpha value is -2.53. The third-order valence-electron chi connectivity index (χ3n) is 5.26. The maximum atomic E-state index is 12.7. The van der Waals surface area contributed by atoms with E-state index in [9.17, 15) is 4.79 Å². The predicted octanol–water partition coefficient (Wildman–Crippen LogP) is 4.10. The second kappa shape index (κ2) is 8.44. The van der Waals surface area contributed by atoms with Gasteiger partial charge in [-0.15, -0.1) is 0 Å². The van der Waals surface area contributed by atoms with Crippen molar-refractivity contribution in [3.63, 3.8) is 0 Å². The molecule has 1 fully saturated rings. The zero-order chi connectivity index (χ0) is 19.4. The number of carbonyl (C=O) groups is 1. The summed E-state index contributed by atoms with van der Waals surface area (Å²) in [5.74, 6) is 1.60. The predicted molar refractivity (Wildman–Crippen MR) is 108 cm³/mol. The van der Waals surface area contributed by atoms with Crippen molar-refractivity contribution in [3.05, 3.63) is 53.1 Å². The van der Waals surface area contributed by atoms with E-state index in [0.717, 1.165) is 53.3 Å². The number of hydrogen-bond acceptors (Lipinski definition) is 4. The quantitative estimate of drug-likeness (QED) is 0.834. The second-order valence-electron chi connectivity index (χ2n) is 7.05. The molecular formula is C22H28N2O3. The lowest BCUT2D eigenvalue weighted by Crippen LogP contribution is -2.33. The molecule has 1 atom stereocenters. The first-order valence-corrected chi connectivity index (χ1v) is 9.35. The van der Waals surface area contributed by atoms with E-state index < -0.39 is 0 Å². The van der Waals surface area contributed by atoms with Gasteiger partial charge in [-0.25, -0.2) is 0 Å². The summed E-state index contributed by atoms with van der Waals surface area (Å²) in [6.07, 6.45) is 2.08. The minimum absolute atomic E-state index is 0.0202. The van der Waals surface area contributed by atoms with Gasteiger partial charge in [-0.1, -0.05) is 24.3 Å². The van der Waals surface area contributed by atoms with E-state index in [4.69, 9.17) is 9.47 Å². The number of nitrogens with one attached hydrogen (secondary N) is 1. The Labute approximate surface area is 161 Å². The molecule has 0 bridgehead atoms. The number of benzene rings is 2. The molecule has 0 aromatic heterocycles. The van der Waals surface area contributed by atoms with Crippen LogP contribution in [0.2, 0.25) is 0 Å². The topological polar surface area (TPSA) is 50.8 Å². The molecule has 5 heteroatoms. The lowest BCUT2D eigenvalue weighted by atomic mass is 10.0. The van der Waals surface area contributed by atoms with E-state index >= 15 is 0 Å². The average Bonchev–Trinajstić information content (AvgIpc) is 3.12. The van der Waals surface area contributed by atoms with Gasteiger partial charge in [-0.2, -0.15) is 0 Å². The monoisotopic (exact) mass is 368 g/mol. The van der Waals surface area contributed by atoms with E-state index in [1.165, 1.54) is 0 Å². The molecule has 1 N–H and O–H groups in total. The zero-order valence-corrected chi connectivity index (χ0v) is 16.5. The molecule has 0 unspecified atom stereocenters. The third-order valence-corrected chi connectivity index (χ3v) is 5.26. The van der Waals surface area contributed by atoms with Crippen LogP contribution in [0.25, 0.3) is 0 Å². The highest BCUT2D eigenvalue weighted by molar-refractivity contribution is 5.93. The second-order valence-corrected chi connectivity index (χ2v) is 7.05. The highest BCUT2D eigenvalue weighted by atomic mass is 16.5. The van der Waals surface area contributed by atoms with Gasteiger partial charge >= 0.3 is 0 Å². The molecule has 144 valence electrons. The van der Waals surface area contributed by atoms with E-state index in [2.05, 4.69) is 10.2 Å². The number of para-hydroxylation sites is 1. The highest BCUT2D eigenvalue weighted by Gasteiger charge is 2.30. The molecule has 1 amide bonds. The van der Waals surface area contributed by atoms with Gasteiger partial charge in [-0.05, 0) is 50.4 Å². The number of hydrogen-bond donors (Lipinski definition) is 1. The molecule has 27 heavy (non-hydrogen) atoms. The van der Waals surface area contributed by atoms with E-state index in [1.54, 1.807) is 14.2 Å². The van der Waals surface area contributed by atoms with E-state index in [0.29, 0.717) is 6.54 Å². The number of nitrogens with zero attached hydrogens (tertiary/aromatic N) is 1. The third kappa shape index (κ3) is 4.25. The van der Waals surface area contributed by atoms with Gasteiger partial charge in [0.05, 0.1) is 20.8 Å². The van der Waals surface area contributed by atoms with Crippen molar-refractivity contribution in [1.29, 1.82) is 0 Å². The van der Waals surface area contributed by atoms with Gasteiger partial charge in [0.1, 0.15) is 11.5 Å². The van der Waals surface area contributed by atoms with Gasteiger partial charge in [-0.3, -0.25) is 9.69 Å². The molecule has 1 aliphatic rings. The molecule has 2 aromatic carbocycles. The summed E-state index contributed by atoms with van der Waals surface area (Å²) < 4.78 is 10.9. The van der Waals surface area contributed by atoms with Crippen LogP contribution in [-0.2, 0) is 4.79 Å². The van der Waals surface area contributed by atoms with Crippen LogP contribution in [0.15, 0.2) is 36.4 Å². The van der Waals surface area contributed by atoms with Crippen LogP contribution in [0.4, 0.5) is 5.69 Å². The number of rotatable bonds is 6. The maximum Gasteiger partial charge on any atom is 0.238 e. The molecular weight excluding hydrogens is 340 g/mol. The molecule has 1 heterocycles. The Bertz CT molecular complexity index is 799. The first kappa shape index (κ1) is 19.2. The molecule has 0 aliphatic carbocycles. The normalized spacial score (nSPS) is 17.0. The van der Waals surface area contributed by atoms with Crippen molar-refractivity contribution in [2.75, 3.05) is 32.6 Å². The summed E-state index contributed by atoms with van der Waals surface area (Å²) in [4.78, 5) is 14.9. The summed E-state index contributed by atoms with van der Waals surface area (Å²) in [6, 6.07) is 12.1. The Morgan fingerprint density at radius 1 is 1.15 bits per heavy atom. The number of ether oxygens (including phenoxy) is 2. The van der Waals surface area contributed by atoms with Crippen LogP contribution < -0.4 is 14.8 Å². The van der Waals surface area contributed by atoms with Crippen molar-refractivity contribution in [3.8, 4) is 11.5 Å². The molecule has 2 aromatic rings. The smallest absolute Gasteiger partial charge is 0.238 e. The summed E-state index contributed by atoms with van der Waals surface area (Å²) in [5, 5.41) is 3.09. The van der Waals surface area contributed by atoms with Crippen molar-refractivity contribution < 1.29 is 14.3 Å². The van der Waals surface area contributed by atoms with Gasteiger partial charge in [0.15, 0.2) is 0 Å². The fourth-order valence-corrected chi connectivity index (χ4v) is 3.84. The van der Waals surface area contributed by atoms with Crippen LogP contribution in [0.5, 0.6) is 11.5 Å². The Morgan fingerprint density at radius 3 is 2.56 bits per heavy atom. The number of amides is 1. The number of methoxy groups -OCH3 is 2. The highest BCUT2D eigenvalue weighted by Crippen LogP contribution is 2.38. The number of anilines is 1. The Kier molecular flexibility index (Phi) is 6.01. The van der Waals surface area contributed by atoms with E-state index in [-0.39, 0.29) is 11.9 Å². The summed E-state index contributed by atoms with van der Waals surface area (Å²) in [5.41, 5.74) is 4.19. The Balaban J connectivity index is 1.74. The zero-order valence-electron chi connectivity index (χ0n) is 16.5. The van der Waals surface area contributed by atoms with Gasteiger partial charge in [0, 0.05) is 23.4 Å². The molecule has 0 saturated carbocycles. The molecule has 0 radical (unpaired) electrons. The molecule has 1 aliphatic heterocycles. The maximum absolute atomic E-state index is 12.7. The van der Waals surface area contributed by atoms with Crippen LogP contribution in [0.3, 0.4) is 0 Å². The summed E-state index contributed by atoms with van der Waals surface area (Å²) in [7, 11) is 3.32. The molecule has 3 rings (SSSR count). The van der Waals surface area contributed by atoms with Gasteiger partial charge in [0.25, 0.3) is 0 Å². The SMILES string of the molecule is COc1ccc([C@@H]2CCCN2CC(=O)Nc2c(C)cccc2C)c(OC)c1. The largest absolute Gasteiger partial charge is 0.497 e. The van der Waals surface area contributed by atoms with E-state index in [1.807, 2.05) is 50.2 Å². The fraction of sp³-hybridized carbons (Fsp3) is 0.409. The van der Waals surface area contributed by atoms with Crippen molar-refractivity contribution in [2.45, 2.75) is 32.7 Å². The average molecular weight is 368 g/mol. The van der Waals surface area contributed by atoms with Crippen LogP contribution in [-0.4, -0.2) is 38.1 Å². The van der Waals surface area contributed by atoms with Crippen LogP contribution in [0.1, 0.15) is 35.6 Å². The molecule has 1 saturated heterocycles. The summed E-state index contributed by atoms with van der Waals surface area (Å²) >= 11 is 0. The first-order chi connectivity index (χ1) is 13.0. The number of aryl methyl sites for hydroxylation is 2. The van der Waals surface area contributed by atoms with Gasteiger partial charge < -0.3 is 14.8 Å². The summed E-state index contributed by atoms with van der Waals surface area (Å²) in [6.45, 7) is 5.31. The first-order valence-electron chi connectivity index (χ1n) is 9.35. The fourth-order valence-electron chi connectivity index (χ4n) is 3.84. The number of likely N-dealkylation sites (tertiary alicyclic amines) is 1. The van der Waals surface area contributed by atoms with Crippen molar-refractivity contribution in [2.24, 2.45) is 0 Å². The lowest BCUT2D eigenvalue weighted by Gasteiger charge is -2.26. The lowest BCUT2D eigenvalue weighted by molar-refractivity contribution is -0.117. The molecule has 5 nitrogen and oxygen atoms in total. The minimum atomic E-state index is 0.0202. The van der Waals surface area contributed by atoms with Gasteiger partial charge in [0.2, 0.25) is 5.91 Å². The number of carbonyl (C=O) groups excluding carboxylic acids is 1. The van der Waals surface area contributed by atoms with Crippen LogP contribution in [0, 0.1) is 13.8 Å². The minimum Gasteiger partial charge on any atom is -0.497 e. The van der Waals surface area contributed by atoms with Crippen molar-refractivity contribution in [1.82, 2.24) is 4.90 Å². The molecule has 0 spiro atoms.